The summed E-state index contributed by atoms with van der Waals surface area (Å²) >= 11 is 0. The van der Waals surface area contributed by atoms with E-state index in [2.05, 4.69) is 48.9 Å². The van der Waals surface area contributed by atoms with Crippen LogP contribution in [0.25, 0.3) is 10.8 Å². The third-order valence-corrected chi connectivity index (χ3v) is 4.06. The van der Waals surface area contributed by atoms with Crippen LogP contribution in [-0.2, 0) is 9.53 Å². The number of fused-ring (bicyclic) bond motifs is 1. The lowest BCUT2D eigenvalue weighted by Crippen LogP contribution is -2.28. The zero-order valence-electron chi connectivity index (χ0n) is 11.7. The van der Waals surface area contributed by atoms with E-state index in [4.69, 9.17) is 4.74 Å². The molecule has 0 N–H and O–H groups in total. The molecule has 0 heterocycles. The molecule has 2 atom stereocenters. The number of ether oxygens (including phenoxy) is 1. The molecule has 2 heteroatoms. The Hall–Kier alpha value is -1.96. The highest BCUT2D eigenvalue weighted by atomic mass is 16.5. The van der Waals surface area contributed by atoms with Gasteiger partial charge in [0.25, 0.3) is 0 Å². The van der Waals surface area contributed by atoms with Crippen molar-refractivity contribution in [3.63, 3.8) is 0 Å². The summed E-state index contributed by atoms with van der Waals surface area (Å²) in [4.78, 5) is 11.3. The minimum absolute atomic E-state index is 0.00306. The Labute approximate surface area is 119 Å². The summed E-state index contributed by atoms with van der Waals surface area (Å²) in [6.45, 7) is 1.50. The van der Waals surface area contributed by atoms with Crippen molar-refractivity contribution in [2.24, 2.45) is 0 Å². The van der Waals surface area contributed by atoms with Crippen LogP contribution in [0.3, 0.4) is 0 Å². The molecule has 102 valence electrons. The summed E-state index contributed by atoms with van der Waals surface area (Å²) in [5.41, 5.74) is 1.30. The van der Waals surface area contributed by atoms with Gasteiger partial charge in [-0.3, -0.25) is 4.79 Å². The number of hydrogen-bond acceptors (Lipinski definition) is 2. The molecule has 1 saturated carbocycles. The van der Waals surface area contributed by atoms with Crippen LogP contribution in [0.4, 0.5) is 0 Å². The molecule has 1 aliphatic carbocycles. The third kappa shape index (κ3) is 2.51. The van der Waals surface area contributed by atoms with Crippen LogP contribution in [0.1, 0.15) is 37.7 Å². The average Bonchev–Trinajstić information content (AvgIpc) is 2.47. The fourth-order valence-corrected chi connectivity index (χ4v) is 3.19. The Kier molecular flexibility index (Phi) is 3.64. The van der Waals surface area contributed by atoms with Crippen LogP contribution in [0.5, 0.6) is 0 Å². The first-order valence-electron chi connectivity index (χ1n) is 7.22. The number of benzene rings is 2. The van der Waals surface area contributed by atoms with Crippen LogP contribution < -0.4 is 0 Å². The molecule has 0 spiro atoms. The fourth-order valence-electron chi connectivity index (χ4n) is 3.19. The van der Waals surface area contributed by atoms with Gasteiger partial charge in [-0.1, -0.05) is 42.5 Å². The number of carbonyl (C=O) groups is 1. The Morgan fingerprint density at radius 1 is 1.20 bits per heavy atom. The second kappa shape index (κ2) is 5.58. The maximum absolute atomic E-state index is 11.3. The van der Waals surface area contributed by atoms with Crippen LogP contribution in [0.15, 0.2) is 42.5 Å². The summed E-state index contributed by atoms with van der Waals surface area (Å²) in [5, 5.41) is 2.52. The number of hydrogen-bond donors (Lipinski definition) is 0. The topological polar surface area (TPSA) is 26.3 Å². The monoisotopic (exact) mass is 267 g/mol. The van der Waals surface area contributed by atoms with E-state index in [0.717, 1.165) is 19.3 Å². The largest absolute Gasteiger partial charge is 0.462 e. The zero-order chi connectivity index (χ0) is 13.9. The molecule has 2 nitrogen and oxygen atoms in total. The Balaban J connectivity index is 2.01. The molecule has 0 bridgehead atoms. The molecule has 1 aliphatic rings. The highest BCUT2D eigenvalue weighted by molar-refractivity contribution is 5.86. The lowest BCUT2D eigenvalue weighted by Gasteiger charge is -2.28. The van der Waals surface area contributed by atoms with Crippen LogP contribution in [0.2, 0.25) is 0 Å². The lowest BCUT2D eigenvalue weighted by atomic mass is 9.80. The zero-order valence-corrected chi connectivity index (χ0v) is 11.7. The van der Waals surface area contributed by atoms with Crippen LogP contribution in [-0.4, -0.2) is 12.1 Å². The number of rotatable bonds is 2. The van der Waals surface area contributed by atoms with Gasteiger partial charge in [0.1, 0.15) is 6.10 Å². The van der Waals surface area contributed by atoms with Crippen molar-refractivity contribution >= 4 is 16.7 Å². The number of esters is 1. The van der Waals surface area contributed by atoms with Gasteiger partial charge in [0.05, 0.1) is 25.2 Å². The molecule has 3 rings (SSSR count). The molecular weight excluding hydrogens is 248 g/mol. The second-order valence-electron chi connectivity index (χ2n) is 5.42. The van der Waals surface area contributed by atoms with Gasteiger partial charge in [0.15, 0.2) is 0 Å². The van der Waals surface area contributed by atoms with Gasteiger partial charge in [-0.05, 0) is 16.3 Å². The van der Waals surface area contributed by atoms with Gasteiger partial charge < -0.3 is 4.74 Å². The molecular formula is C18H19O2+. The third-order valence-electron chi connectivity index (χ3n) is 4.06. The minimum Gasteiger partial charge on any atom is -0.462 e. The van der Waals surface area contributed by atoms with Gasteiger partial charge in [-0.15, -0.1) is 0 Å². The maximum Gasteiger partial charge on any atom is 0.302 e. The summed E-state index contributed by atoms with van der Waals surface area (Å²) in [6.07, 6.45) is 5.24. The van der Waals surface area contributed by atoms with E-state index in [0.29, 0.717) is 0 Å². The predicted octanol–water partition coefficient (Wildman–Crippen LogP) is 4.24. The summed E-state index contributed by atoms with van der Waals surface area (Å²) < 4.78 is 5.55. The smallest absolute Gasteiger partial charge is 0.302 e. The van der Waals surface area contributed by atoms with Gasteiger partial charge in [-0.2, -0.15) is 0 Å². The lowest BCUT2D eigenvalue weighted by molar-refractivity contribution is -0.148. The first-order chi connectivity index (χ1) is 9.75. The van der Waals surface area contributed by atoms with Crippen LogP contribution in [0, 0.1) is 6.42 Å². The van der Waals surface area contributed by atoms with E-state index in [-0.39, 0.29) is 18.0 Å². The fraction of sp³-hybridized carbons (Fsp3) is 0.333. The highest BCUT2D eigenvalue weighted by Crippen LogP contribution is 2.37. The van der Waals surface area contributed by atoms with Crippen molar-refractivity contribution in [3.05, 3.63) is 54.4 Å². The average molecular weight is 267 g/mol. The van der Waals surface area contributed by atoms with Gasteiger partial charge >= 0.3 is 5.97 Å². The summed E-state index contributed by atoms with van der Waals surface area (Å²) in [7, 11) is 0. The van der Waals surface area contributed by atoms with Crippen molar-refractivity contribution in [2.75, 3.05) is 0 Å². The summed E-state index contributed by atoms with van der Waals surface area (Å²) in [5.74, 6) is 0.0980. The van der Waals surface area contributed by atoms with E-state index in [9.17, 15) is 4.79 Å². The molecule has 0 amide bonds. The van der Waals surface area contributed by atoms with E-state index in [1.807, 2.05) is 0 Å². The van der Waals surface area contributed by atoms with Crippen molar-refractivity contribution in [1.82, 2.24) is 0 Å². The van der Waals surface area contributed by atoms with Crippen molar-refractivity contribution in [3.8, 4) is 0 Å². The van der Waals surface area contributed by atoms with E-state index >= 15 is 0 Å². The molecule has 1 fully saturated rings. The van der Waals surface area contributed by atoms with E-state index in [1.54, 1.807) is 0 Å². The van der Waals surface area contributed by atoms with Crippen molar-refractivity contribution in [2.45, 2.75) is 38.2 Å². The maximum atomic E-state index is 11.3. The van der Waals surface area contributed by atoms with Crippen molar-refractivity contribution < 1.29 is 9.53 Å². The molecule has 20 heavy (non-hydrogen) atoms. The Morgan fingerprint density at radius 2 is 2.00 bits per heavy atom. The standard InChI is InChI=1S/C18H19O2/c1-13(19)20-18-12-5-4-10-17(18)16-11-6-8-14-7-2-3-9-15(14)16/h2-4,6-9,11,17-18H,5,10,12H2,1H3/q+1/t17-,18+/m0/s1. The van der Waals surface area contributed by atoms with Gasteiger partial charge in [-0.25, -0.2) is 0 Å². The van der Waals surface area contributed by atoms with E-state index in [1.165, 1.54) is 23.3 Å². The molecule has 2 aromatic rings. The quantitative estimate of drug-likeness (QED) is 0.601. The van der Waals surface area contributed by atoms with E-state index < -0.39 is 0 Å². The normalized spacial score (nSPS) is 22.2. The second-order valence-corrected chi connectivity index (χ2v) is 5.42. The highest BCUT2D eigenvalue weighted by Gasteiger charge is 2.34. The molecule has 0 saturated heterocycles. The van der Waals surface area contributed by atoms with Crippen molar-refractivity contribution in [1.29, 1.82) is 0 Å². The molecule has 0 radical (unpaired) electrons. The van der Waals surface area contributed by atoms with Crippen LogP contribution >= 0.6 is 0 Å². The molecule has 0 aromatic heterocycles. The van der Waals surface area contributed by atoms with Gasteiger partial charge in [0.2, 0.25) is 0 Å². The first kappa shape index (κ1) is 13.0. The molecule has 2 aromatic carbocycles. The van der Waals surface area contributed by atoms with Gasteiger partial charge in [0, 0.05) is 13.3 Å². The molecule has 0 unspecified atom stereocenters. The Bertz CT molecular complexity index is 612. The number of carbonyl (C=O) groups excluding carboxylic acids is 1. The first-order valence-corrected chi connectivity index (χ1v) is 7.22. The predicted molar refractivity (Wildman–Crippen MR) is 80.4 cm³/mol. The minimum atomic E-state index is -0.179. The summed E-state index contributed by atoms with van der Waals surface area (Å²) in [6, 6.07) is 14.8. The molecule has 0 aliphatic heterocycles. The SMILES string of the molecule is CC(=O)O[C@@H]1CC[CH+]C[C@H]1c1cccc2ccccc12. The Morgan fingerprint density at radius 3 is 2.85 bits per heavy atom.